The summed E-state index contributed by atoms with van der Waals surface area (Å²) < 4.78 is 7.53. The first kappa shape index (κ1) is 21.5. The Hall–Kier alpha value is -2.24. The van der Waals surface area contributed by atoms with Crippen molar-refractivity contribution in [3.63, 3.8) is 0 Å². The summed E-state index contributed by atoms with van der Waals surface area (Å²) in [6.45, 7) is 10.2. The second kappa shape index (κ2) is 9.99. The molecule has 0 aliphatic heterocycles. The summed E-state index contributed by atoms with van der Waals surface area (Å²) in [6.07, 6.45) is 3.67. The number of benzene rings is 1. The highest BCUT2D eigenvalue weighted by Gasteiger charge is 2.19. The van der Waals surface area contributed by atoms with Crippen LogP contribution in [-0.2, 0) is 6.54 Å². The number of nitrogens with zero attached hydrogens (tertiary/aromatic N) is 2. The predicted octanol–water partition coefficient (Wildman–Crippen LogP) is 5.18. The number of nitrogens with one attached hydrogen (secondary N) is 1. The Bertz CT molecular complexity index is 943. The molecule has 1 unspecified atom stereocenters. The third-order valence-corrected chi connectivity index (χ3v) is 5.60. The Morgan fingerprint density at radius 2 is 2.03 bits per heavy atom. The van der Waals surface area contributed by atoms with Gasteiger partial charge in [-0.3, -0.25) is 4.79 Å². The molecule has 0 saturated heterocycles. The summed E-state index contributed by atoms with van der Waals surface area (Å²) in [5.74, 6) is -0.0752. The standard InChI is InChI=1S/C23H30ClN3O2/c1-4-26(5-2)12-7-8-17(3)25-23(28)21-15-22-20(11-13-29-22)27(21)16-18-9-6-10-19(24)14-18/h6,9-11,13-15,17H,4-5,7-8,12,16H2,1-3H3,(H,25,28). The van der Waals surface area contributed by atoms with E-state index in [1.807, 2.05) is 41.0 Å². The molecule has 156 valence electrons. The van der Waals surface area contributed by atoms with Crippen LogP contribution in [0.25, 0.3) is 11.1 Å². The van der Waals surface area contributed by atoms with Gasteiger partial charge < -0.3 is 19.2 Å². The van der Waals surface area contributed by atoms with E-state index in [0.717, 1.165) is 43.6 Å². The van der Waals surface area contributed by atoms with Gasteiger partial charge in [0.1, 0.15) is 5.69 Å². The van der Waals surface area contributed by atoms with Crippen LogP contribution >= 0.6 is 11.6 Å². The fourth-order valence-corrected chi connectivity index (χ4v) is 3.90. The molecular weight excluding hydrogens is 386 g/mol. The van der Waals surface area contributed by atoms with Crippen molar-refractivity contribution >= 4 is 28.6 Å². The zero-order valence-corrected chi connectivity index (χ0v) is 18.2. The van der Waals surface area contributed by atoms with Gasteiger partial charge in [-0.1, -0.05) is 37.6 Å². The predicted molar refractivity (Wildman–Crippen MR) is 119 cm³/mol. The molecule has 0 aliphatic carbocycles. The molecule has 0 aliphatic rings. The normalized spacial score (nSPS) is 12.6. The fourth-order valence-electron chi connectivity index (χ4n) is 3.68. The molecule has 1 atom stereocenters. The lowest BCUT2D eigenvalue weighted by Gasteiger charge is -2.20. The number of carbonyl (C=O) groups excluding carboxylic acids is 1. The molecule has 1 aromatic carbocycles. The average molecular weight is 416 g/mol. The molecule has 6 heteroatoms. The third kappa shape index (κ3) is 5.43. The molecule has 0 saturated carbocycles. The minimum atomic E-state index is -0.0752. The van der Waals surface area contributed by atoms with Gasteiger partial charge in [-0.25, -0.2) is 0 Å². The molecule has 2 heterocycles. The maximum atomic E-state index is 13.0. The first-order valence-electron chi connectivity index (χ1n) is 10.4. The second-order valence-electron chi connectivity index (χ2n) is 7.46. The van der Waals surface area contributed by atoms with Crippen molar-refractivity contribution in [2.45, 2.75) is 46.2 Å². The molecule has 29 heavy (non-hydrogen) atoms. The van der Waals surface area contributed by atoms with Crippen LogP contribution in [-0.4, -0.2) is 41.1 Å². The van der Waals surface area contributed by atoms with Crippen molar-refractivity contribution < 1.29 is 9.21 Å². The number of hydrogen-bond acceptors (Lipinski definition) is 3. The summed E-state index contributed by atoms with van der Waals surface area (Å²) in [7, 11) is 0. The van der Waals surface area contributed by atoms with Crippen LogP contribution in [0.5, 0.6) is 0 Å². The molecule has 0 radical (unpaired) electrons. The monoisotopic (exact) mass is 415 g/mol. The van der Waals surface area contributed by atoms with Crippen LogP contribution in [0.2, 0.25) is 5.02 Å². The maximum Gasteiger partial charge on any atom is 0.268 e. The first-order chi connectivity index (χ1) is 14.0. The van der Waals surface area contributed by atoms with Gasteiger partial charge in [-0.15, -0.1) is 0 Å². The Kier molecular flexibility index (Phi) is 7.40. The minimum absolute atomic E-state index is 0.0752. The van der Waals surface area contributed by atoms with Crippen LogP contribution in [0, 0.1) is 0 Å². The molecule has 3 rings (SSSR count). The topological polar surface area (TPSA) is 50.4 Å². The van der Waals surface area contributed by atoms with E-state index < -0.39 is 0 Å². The van der Waals surface area contributed by atoms with Crippen molar-refractivity contribution in [3.05, 3.63) is 58.9 Å². The number of halogens is 1. The number of furan rings is 1. The lowest BCUT2D eigenvalue weighted by Crippen LogP contribution is -2.34. The molecule has 0 spiro atoms. The summed E-state index contributed by atoms with van der Waals surface area (Å²) in [5, 5.41) is 3.83. The van der Waals surface area contributed by atoms with E-state index in [1.165, 1.54) is 0 Å². The molecule has 0 fully saturated rings. The van der Waals surface area contributed by atoms with Gasteiger partial charge in [0.05, 0.1) is 11.8 Å². The zero-order chi connectivity index (χ0) is 20.8. The van der Waals surface area contributed by atoms with Crippen LogP contribution in [0.1, 0.15) is 49.7 Å². The highest BCUT2D eigenvalue weighted by Crippen LogP contribution is 2.23. The van der Waals surface area contributed by atoms with Gasteiger partial charge >= 0.3 is 0 Å². The zero-order valence-electron chi connectivity index (χ0n) is 17.5. The smallest absolute Gasteiger partial charge is 0.268 e. The van der Waals surface area contributed by atoms with Crippen molar-refractivity contribution in [1.29, 1.82) is 0 Å². The quantitative estimate of drug-likeness (QED) is 0.496. The van der Waals surface area contributed by atoms with E-state index in [-0.39, 0.29) is 11.9 Å². The molecular formula is C23H30ClN3O2. The number of fused-ring (bicyclic) bond motifs is 1. The highest BCUT2D eigenvalue weighted by atomic mass is 35.5. The van der Waals surface area contributed by atoms with Gasteiger partial charge in [0, 0.05) is 29.7 Å². The summed E-state index contributed by atoms with van der Waals surface area (Å²) in [4.78, 5) is 15.4. The lowest BCUT2D eigenvalue weighted by atomic mass is 10.1. The van der Waals surface area contributed by atoms with E-state index in [9.17, 15) is 4.79 Å². The highest BCUT2D eigenvalue weighted by molar-refractivity contribution is 6.30. The summed E-state index contributed by atoms with van der Waals surface area (Å²) in [6, 6.07) is 11.5. The number of rotatable bonds is 10. The SMILES string of the molecule is CCN(CC)CCCC(C)NC(=O)c1cc2occc2n1Cc1cccc(Cl)c1. The van der Waals surface area contributed by atoms with E-state index in [0.29, 0.717) is 22.8 Å². The first-order valence-corrected chi connectivity index (χ1v) is 10.7. The number of carbonyl (C=O) groups is 1. The van der Waals surface area contributed by atoms with Gasteiger partial charge in [-0.2, -0.15) is 0 Å². The summed E-state index contributed by atoms with van der Waals surface area (Å²) in [5.41, 5.74) is 3.27. The molecule has 5 nitrogen and oxygen atoms in total. The van der Waals surface area contributed by atoms with Crippen LogP contribution < -0.4 is 5.32 Å². The molecule has 3 aromatic rings. The van der Waals surface area contributed by atoms with Gasteiger partial charge in [0.15, 0.2) is 5.58 Å². The van der Waals surface area contributed by atoms with Crippen molar-refractivity contribution in [2.24, 2.45) is 0 Å². The van der Waals surface area contributed by atoms with Crippen LogP contribution in [0.3, 0.4) is 0 Å². The second-order valence-corrected chi connectivity index (χ2v) is 7.90. The molecule has 1 N–H and O–H groups in total. The number of amides is 1. The minimum Gasteiger partial charge on any atom is -0.463 e. The van der Waals surface area contributed by atoms with E-state index >= 15 is 0 Å². The fraction of sp³-hybridized carbons (Fsp3) is 0.435. The lowest BCUT2D eigenvalue weighted by molar-refractivity contribution is 0.0928. The average Bonchev–Trinajstić information content (AvgIpc) is 3.28. The Balaban J connectivity index is 1.70. The van der Waals surface area contributed by atoms with E-state index in [2.05, 4.69) is 31.0 Å². The Morgan fingerprint density at radius 1 is 1.24 bits per heavy atom. The van der Waals surface area contributed by atoms with Crippen LogP contribution in [0.4, 0.5) is 0 Å². The Labute approximate surface area is 177 Å². The van der Waals surface area contributed by atoms with E-state index in [1.54, 1.807) is 6.26 Å². The largest absolute Gasteiger partial charge is 0.463 e. The van der Waals surface area contributed by atoms with Gasteiger partial charge in [0.2, 0.25) is 0 Å². The maximum absolute atomic E-state index is 13.0. The van der Waals surface area contributed by atoms with E-state index in [4.69, 9.17) is 16.0 Å². The number of aromatic nitrogens is 1. The molecule has 2 aromatic heterocycles. The molecule has 0 bridgehead atoms. The Morgan fingerprint density at radius 3 is 2.76 bits per heavy atom. The van der Waals surface area contributed by atoms with Crippen molar-refractivity contribution in [2.75, 3.05) is 19.6 Å². The summed E-state index contributed by atoms with van der Waals surface area (Å²) >= 11 is 6.13. The molecule has 1 amide bonds. The van der Waals surface area contributed by atoms with Crippen LogP contribution in [0.15, 0.2) is 47.1 Å². The number of hydrogen-bond donors (Lipinski definition) is 1. The van der Waals surface area contributed by atoms with Crippen molar-refractivity contribution in [3.8, 4) is 0 Å². The third-order valence-electron chi connectivity index (χ3n) is 5.37. The van der Waals surface area contributed by atoms with Crippen molar-refractivity contribution in [1.82, 2.24) is 14.8 Å². The van der Waals surface area contributed by atoms with Gasteiger partial charge in [0.25, 0.3) is 5.91 Å². The van der Waals surface area contributed by atoms with Gasteiger partial charge in [-0.05, 0) is 57.1 Å².